The molecule has 7 heteroatoms. The molecule has 1 aromatic carbocycles. The second kappa shape index (κ2) is 7.96. The van der Waals surface area contributed by atoms with Crippen LogP contribution < -0.4 is 16.0 Å². The molecule has 2 heterocycles. The summed E-state index contributed by atoms with van der Waals surface area (Å²) in [5.41, 5.74) is 2.21. The number of methoxy groups -OCH3 is 1. The van der Waals surface area contributed by atoms with E-state index in [9.17, 15) is 9.59 Å². The number of fused-ring (bicyclic) bond motifs is 1. The summed E-state index contributed by atoms with van der Waals surface area (Å²) in [6.45, 7) is 2.08. The van der Waals surface area contributed by atoms with Gasteiger partial charge in [-0.2, -0.15) is 0 Å². The van der Waals surface area contributed by atoms with Gasteiger partial charge in [0.05, 0.1) is 12.0 Å². The molecule has 0 aliphatic carbocycles. The van der Waals surface area contributed by atoms with Crippen molar-refractivity contribution >= 4 is 35.6 Å². The number of aryl methyl sites for hydroxylation is 1. The molecule has 2 aliphatic rings. The normalized spacial score (nSPS) is 18.8. The molecule has 3 N–H and O–H groups in total. The van der Waals surface area contributed by atoms with Crippen LogP contribution in [0.2, 0.25) is 0 Å². The zero-order valence-electron chi connectivity index (χ0n) is 13.8. The Hall–Kier alpha value is -1.63. The van der Waals surface area contributed by atoms with Crippen LogP contribution in [-0.4, -0.2) is 38.6 Å². The van der Waals surface area contributed by atoms with E-state index in [2.05, 4.69) is 16.0 Å². The average Bonchev–Trinajstić information content (AvgIpc) is 2.56. The van der Waals surface area contributed by atoms with Gasteiger partial charge in [0, 0.05) is 24.9 Å². The molecular weight excluding hydrogens is 330 g/mol. The predicted octanol–water partition coefficient (Wildman–Crippen LogP) is 1.95. The Balaban J connectivity index is 0.00000208. The molecule has 0 radical (unpaired) electrons. The number of amides is 2. The Morgan fingerprint density at radius 3 is 2.75 bits per heavy atom. The van der Waals surface area contributed by atoms with Gasteiger partial charge >= 0.3 is 0 Å². The lowest BCUT2D eigenvalue weighted by molar-refractivity contribution is -0.130. The molecule has 1 fully saturated rings. The minimum absolute atomic E-state index is 0. The number of anilines is 2. The van der Waals surface area contributed by atoms with E-state index < -0.39 is 5.41 Å². The minimum atomic E-state index is -0.468. The van der Waals surface area contributed by atoms with Crippen molar-refractivity contribution in [2.45, 2.75) is 25.7 Å². The first kappa shape index (κ1) is 18.7. The van der Waals surface area contributed by atoms with E-state index in [1.165, 1.54) is 0 Å². The van der Waals surface area contributed by atoms with Gasteiger partial charge in [-0.25, -0.2) is 0 Å². The Bertz CT molecular complexity index is 610. The van der Waals surface area contributed by atoms with E-state index in [1.807, 2.05) is 18.2 Å². The molecule has 2 aliphatic heterocycles. The van der Waals surface area contributed by atoms with Gasteiger partial charge < -0.3 is 20.7 Å². The number of carbonyl (C=O) groups is 2. The van der Waals surface area contributed by atoms with E-state index in [1.54, 1.807) is 7.11 Å². The zero-order valence-corrected chi connectivity index (χ0v) is 14.6. The van der Waals surface area contributed by atoms with Crippen molar-refractivity contribution in [2.24, 2.45) is 5.41 Å². The van der Waals surface area contributed by atoms with E-state index >= 15 is 0 Å². The molecule has 0 unspecified atom stereocenters. The molecule has 0 bridgehead atoms. The predicted molar refractivity (Wildman–Crippen MR) is 95.7 cm³/mol. The number of rotatable bonds is 4. The Morgan fingerprint density at radius 1 is 1.29 bits per heavy atom. The summed E-state index contributed by atoms with van der Waals surface area (Å²) in [5.74, 6) is 0.0590. The summed E-state index contributed by atoms with van der Waals surface area (Å²) >= 11 is 0. The molecule has 0 aromatic heterocycles. The summed E-state index contributed by atoms with van der Waals surface area (Å²) in [5, 5.41) is 9.18. The van der Waals surface area contributed by atoms with Gasteiger partial charge in [0.1, 0.15) is 0 Å². The van der Waals surface area contributed by atoms with Crippen molar-refractivity contribution in [3.63, 3.8) is 0 Å². The van der Waals surface area contributed by atoms with Crippen LogP contribution in [-0.2, 0) is 20.7 Å². The van der Waals surface area contributed by atoms with Crippen LogP contribution in [0.15, 0.2) is 18.2 Å². The minimum Gasteiger partial charge on any atom is -0.384 e. The molecule has 1 aromatic rings. The number of benzene rings is 1. The smallest absolute Gasteiger partial charge is 0.233 e. The van der Waals surface area contributed by atoms with Crippen molar-refractivity contribution in [3.05, 3.63) is 23.8 Å². The van der Waals surface area contributed by atoms with Crippen molar-refractivity contribution in [3.8, 4) is 0 Å². The third-order valence-electron chi connectivity index (χ3n) is 4.72. The maximum Gasteiger partial charge on any atom is 0.233 e. The number of hydrogen-bond donors (Lipinski definition) is 3. The van der Waals surface area contributed by atoms with Gasteiger partial charge in [-0.1, -0.05) is 0 Å². The van der Waals surface area contributed by atoms with Gasteiger partial charge in [0.25, 0.3) is 0 Å². The fourth-order valence-electron chi connectivity index (χ4n) is 3.34. The summed E-state index contributed by atoms with van der Waals surface area (Å²) in [7, 11) is 1.64. The highest BCUT2D eigenvalue weighted by Gasteiger charge is 2.39. The number of nitrogens with one attached hydrogen (secondary N) is 3. The first-order chi connectivity index (χ1) is 11.1. The molecule has 1 saturated heterocycles. The topological polar surface area (TPSA) is 79.5 Å². The number of piperidine rings is 1. The zero-order chi connectivity index (χ0) is 16.3. The van der Waals surface area contributed by atoms with Gasteiger partial charge in [0.15, 0.2) is 0 Å². The van der Waals surface area contributed by atoms with E-state index in [0.717, 1.165) is 42.9 Å². The van der Waals surface area contributed by atoms with E-state index in [4.69, 9.17) is 4.74 Å². The second-order valence-corrected chi connectivity index (χ2v) is 6.34. The maximum absolute atomic E-state index is 12.8. The lowest BCUT2D eigenvalue weighted by Crippen LogP contribution is -2.47. The van der Waals surface area contributed by atoms with Gasteiger partial charge in [-0.15, -0.1) is 12.4 Å². The third-order valence-corrected chi connectivity index (χ3v) is 4.72. The number of ether oxygens (including phenoxy) is 1. The van der Waals surface area contributed by atoms with E-state index in [0.29, 0.717) is 19.4 Å². The first-order valence-electron chi connectivity index (χ1n) is 8.07. The SMILES string of the molecule is COCC1(C(=O)Nc2ccc3c(c2)CCC(=O)N3)CCNCC1.Cl. The van der Waals surface area contributed by atoms with Crippen molar-refractivity contribution in [2.75, 3.05) is 37.4 Å². The maximum atomic E-state index is 12.8. The van der Waals surface area contributed by atoms with Gasteiger partial charge in [-0.05, 0) is 56.1 Å². The molecule has 0 spiro atoms. The van der Waals surface area contributed by atoms with Gasteiger partial charge in [-0.3, -0.25) is 9.59 Å². The third kappa shape index (κ3) is 3.88. The molecular formula is C17H24ClN3O3. The fraction of sp³-hybridized carbons (Fsp3) is 0.529. The molecule has 3 rings (SSSR count). The monoisotopic (exact) mass is 353 g/mol. The van der Waals surface area contributed by atoms with Crippen LogP contribution in [0, 0.1) is 5.41 Å². The van der Waals surface area contributed by atoms with E-state index in [-0.39, 0.29) is 24.2 Å². The highest BCUT2D eigenvalue weighted by Crippen LogP contribution is 2.32. The number of hydrogen-bond acceptors (Lipinski definition) is 4. The molecule has 24 heavy (non-hydrogen) atoms. The Morgan fingerprint density at radius 2 is 2.04 bits per heavy atom. The highest BCUT2D eigenvalue weighted by atomic mass is 35.5. The molecule has 132 valence electrons. The van der Waals surface area contributed by atoms with Crippen LogP contribution in [0.3, 0.4) is 0 Å². The van der Waals surface area contributed by atoms with Gasteiger partial charge in [0.2, 0.25) is 11.8 Å². The average molecular weight is 354 g/mol. The standard InChI is InChI=1S/C17H23N3O3.ClH/c1-23-11-17(6-8-18-9-7-17)16(22)19-13-3-4-14-12(10-13)2-5-15(21)20-14;/h3-4,10,18H,2,5-9,11H2,1H3,(H,19,22)(H,20,21);1H. The van der Waals surface area contributed by atoms with Crippen molar-refractivity contribution < 1.29 is 14.3 Å². The molecule has 6 nitrogen and oxygen atoms in total. The summed E-state index contributed by atoms with van der Waals surface area (Å²) < 4.78 is 5.31. The number of halogens is 1. The summed E-state index contributed by atoms with van der Waals surface area (Å²) in [6, 6.07) is 5.64. The first-order valence-corrected chi connectivity index (χ1v) is 8.07. The number of carbonyl (C=O) groups excluding carboxylic acids is 2. The molecule has 2 amide bonds. The van der Waals surface area contributed by atoms with Crippen LogP contribution in [0.25, 0.3) is 0 Å². The summed E-state index contributed by atoms with van der Waals surface area (Å²) in [4.78, 5) is 24.2. The van der Waals surface area contributed by atoms with Crippen LogP contribution >= 0.6 is 12.4 Å². The van der Waals surface area contributed by atoms with Crippen molar-refractivity contribution in [1.82, 2.24) is 5.32 Å². The lowest BCUT2D eigenvalue weighted by atomic mass is 9.78. The lowest BCUT2D eigenvalue weighted by Gasteiger charge is -2.35. The Labute approximate surface area is 148 Å². The Kier molecular flexibility index (Phi) is 6.21. The molecule has 0 atom stereocenters. The summed E-state index contributed by atoms with van der Waals surface area (Å²) in [6.07, 6.45) is 2.74. The fourth-order valence-corrected chi connectivity index (χ4v) is 3.34. The van der Waals surface area contributed by atoms with Crippen LogP contribution in [0.1, 0.15) is 24.8 Å². The molecule has 0 saturated carbocycles. The second-order valence-electron chi connectivity index (χ2n) is 6.34. The van der Waals surface area contributed by atoms with Crippen LogP contribution in [0.5, 0.6) is 0 Å². The highest BCUT2D eigenvalue weighted by molar-refractivity contribution is 5.97. The largest absolute Gasteiger partial charge is 0.384 e. The van der Waals surface area contributed by atoms with Crippen LogP contribution in [0.4, 0.5) is 11.4 Å². The quantitative estimate of drug-likeness (QED) is 0.773. The van der Waals surface area contributed by atoms with Crippen molar-refractivity contribution in [1.29, 1.82) is 0 Å².